The van der Waals surface area contributed by atoms with Crippen molar-refractivity contribution in [3.05, 3.63) is 71.0 Å². The maximum absolute atomic E-state index is 13.4. The average Bonchev–Trinajstić information content (AvgIpc) is 2.59. The summed E-state index contributed by atoms with van der Waals surface area (Å²) in [5, 5.41) is 0. The zero-order valence-electron chi connectivity index (χ0n) is 13.7. The van der Waals surface area contributed by atoms with Gasteiger partial charge in [0.25, 0.3) is 0 Å². The van der Waals surface area contributed by atoms with Gasteiger partial charge in [0, 0.05) is 19.7 Å². The van der Waals surface area contributed by atoms with Gasteiger partial charge in [-0.3, -0.25) is 4.79 Å². The van der Waals surface area contributed by atoms with E-state index >= 15 is 0 Å². The maximum atomic E-state index is 13.4. The van der Waals surface area contributed by atoms with Crippen molar-refractivity contribution in [1.82, 2.24) is 0 Å². The van der Waals surface area contributed by atoms with E-state index in [4.69, 9.17) is 0 Å². The largest absolute Gasteiger partial charge is 0.465 e. The number of ether oxygens (including phenoxy) is 1. The van der Waals surface area contributed by atoms with Crippen LogP contribution in [-0.4, -0.2) is 33.0 Å². The predicted octanol–water partition coefficient (Wildman–Crippen LogP) is 3.57. The Kier molecular flexibility index (Phi) is 5.47. The van der Waals surface area contributed by atoms with Crippen molar-refractivity contribution in [2.24, 2.45) is 0 Å². The molecule has 0 amide bonds. The number of nitrogens with zero attached hydrogens (tertiary/aromatic N) is 1. The highest BCUT2D eigenvalue weighted by atomic mass is 19.1. The number of allylic oxidation sites excluding steroid dienone is 1. The number of benzene rings is 2. The van der Waals surface area contributed by atoms with Gasteiger partial charge in [-0.2, -0.15) is 0 Å². The molecule has 0 bridgehead atoms. The van der Waals surface area contributed by atoms with Crippen LogP contribution in [0.15, 0.2) is 48.5 Å². The first kappa shape index (κ1) is 17.4. The number of hydrogen-bond donors (Lipinski definition) is 0. The summed E-state index contributed by atoms with van der Waals surface area (Å²) in [6.07, 6.45) is 3.07. The highest BCUT2D eigenvalue weighted by molar-refractivity contribution is 6.10. The standard InChI is InChI=1S/C19H18FNO3/c1-21(2)17-12-15(20)9-10-16(17)18(22)11-6-13-4-7-14(8-5-13)19(23)24-3/h4-12H,1-3H3/b11-6+. The van der Waals surface area contributed by atoms with Gasteiger partial charge in [-0.05, 0) is 42.0 Å². The van der Waals surface area contributed by atoms with Crippen molar-refractivity contribution in [3.8, 4) is 0 Å². The van der Waals surface area contributed by atoms with Gasteiger partial charge in [0.15, 0.2) is 5.78 Å². The van der Waals surface area contributed by atoms with Crippen LogP contribution in [0.25, 0.3) is 6.08 Å². The summed E-state index contributed by atoms with van der Waals surface area (Å²) in [6, 6.07) is 10.7. The van der Waals surface area contributed by atoms with E-state index in [1.54, 1.807) is 49.3 Å². The van der Waals surface area contributed by atoms with Gasteiger partial charge in [0.05, 0.1) is 18.4 Å². The number of esters is 1. The van der Waals surface area contributed by atoms with Crippen molar-refractivity contribution in [3.63, 3.8) is 0 Å². The molecule has 2 rings (SSSR count). The van der Waals surface area contributed by atoms with Crippen LogP contribution in [0.3, 0.4) is 0 Å². The van der Waals surface area contributed by atoms with Crippen LogP contribution in [0, 0.1) is 5.82 Å². The minimum Gasteiger partial charge on any atom is -0.465 e. The van der Waals surface area contributed by atoms with E-state index in [1.165, 1.54) is 31.4 Å². The molecule has 0 aliphatic heterocycles. The molecule has 0 aliphatic carbocycles. The molecule has 0 aliphatic rings. The van der Waals surface area contributed by atoms with E-state index in [2.05, 4.69) is 4.74 Å². The Labute approximate surface area is 140 Å². The smallest absolute Gasteiger partial charge is 0.337 e. The molecule has 0 saturated carbocycles. The van der Waals surface area contributed by atoms with Gasteiger partial charge in [0.2, 0.25) is 0 Å². The molecule has 0 radical (unpaired) electrons. The fourth-order valence-electron chi connectivity index (χ4n) is 2.19. The van der Waals surface area contributed by atoms with E-state index in [0.29, 0.717) is 16.8 Å². The minimum atomic E-state index is -0.413. The summed E-state index contributed by atoms with van der Waals surface area (Å²) in [4.78, 5) is 25.4. The summed E-state index contributed by atoms with van der Waals surface area (Å²) in [7, 11) is 4.82. The lowest BCUT2D eigenvalue weighted by atomic mass is 10.1. The second kappa shape index (κ2) is 7.55. The minimum absolute atomic E-state index is 0.226. The lowest BCUT2D eigenvalue weighted by Gasteiger charge is -2.15. The van der Waals surface area contributed by atoms with Crippen LogP contribution in [0.2, 0.25) is 0 Å². The quantitative estimate of drug-likeness (QED) is 0.478. The highest BCUT2D eigenvalue weighted by Gasteiger charge is 2.11. The van der Waals surface area contributed by atoms with Gasteiger partial charge in [0.1, 0.15) is 5.82 Å². The van der Waals surface area contributed by atoms with Crippen molar-refractivity contribution < 1.29 is 18.7 Å². The molecule has 2 aromatic carbocycles. The Morgan fingerprint density at radius 1 is 1.08 bits per heavy atom. The number of hydrogen-bond acceptors (Lipinski definition) is 4. The van der Waals surface area contributed by atoms with E-state index in [0.717, 1.165) is 5.56 Å². The van der Waals surface area contributed by atoms with Crippen molar-refractivity contribution in [1.29, 1.82) is 0 Å². The Hall–Kier alpha value is -2.95. The maximum Gasteiger partial charge on any atom is 0.337 e. The fraction of sp³-hybridized carbons (Fsp3) is 0.158. The third-order valence-electron chi connectivity index (χ3n) is 3.47. The van der Waals surface area contributed by atoms with Gasteiger partial charge >= 0.3 is 5.97 Å². The Morgan fingerprint density at radius 2 is 1.75 bits per heavy atom. The van der Waals surface area contributed by atoms with Crippen LogP contribution >= 0.6 is 0 Å². The Morgan fingerprint density at radius 3 is 2.33 bits per heavy atom. The third kappa shape index (κ3) is 4.07. The first-order valence-corrected chi connectivity index (χ1v) is 7.30. The van der Waals surface area contributed by atoms with Gasteiger partial charge in [-0.25, -0.2) is 9.18 Å². The highest BCUT2D eigenvalue weighted by Crippen LogP contribution is 2.21. The van der Waals surface area contributed by atoms with E-state index in [9.17, 15) is 14.0 Å². The number of carbonyl (C=O) groups is 2. The van der Waals surface area contributed by atoms with Crippen molar-refractivity contribution >= 4 is 23.5 Å². The molecule has 0 spiro atoms. The molecule has 2 aromatic rings. The molecule has 124 valence electrons. The summed E-state index contributed by atoms with van der Waals surface area (Å²) in [5.41, 5.74) is 2.15. The predicted molar refractivity (Wildman–Crippen MR) is 91.9 cm³/mol. The second-order valence-electron chi connectivity index (χ2n) is 5.37. The number of halogens is 1. The first-order chi connectivity index (χ1) is 11.4. The number of anilines is 1. The summed E-state index contributed by atoms with van der Waals surface area (Å²) < 4.78 is 18.0. The van der Waals surface area contributed by atoms with Crippen molar-refractivity contribution in [2.75, 3.05) is 26.1 Å². The molecule has 0 aromatic heterocycles. The normalized spacial score (nSPS) is 10.7. The van der Waals surface area contributed by atoms with Gasteiger partial charge in [-0.15, -0.1) is 0 Å². The molecule has 0 N–H and O–H groups in total. The number of methoxy groups -OCH3 is 1. The zero-order chi connectivity index (χ0) is 17.7. The molecule has 0 fully saturated rings. The lowest BCUT2D eigenvalue weighted by molar-refractivity contribution is 0.0600. The SMILES string of the molecule is COC(=O)c1ccc(/C=C/C(=O)c2ccc(F)cc2N(C)C)cc1. The summed E-state index contributed by atoms with van der Waals surface area (Å²) in [5.74, 6) is -1.03. The fourth-order valence-corrected chi connectivity index (χ4v) is 2.19. The van der Waals surface area contributed by atoms with E-state index in [-0.39, 0.29) is 5.78 Å². The number of rotatable bonds is 5. The molecule has 4 nitrogen and oxygen atoms in total. The summed E-state index contributed by atoms with van der Waals surface area (Å²) in [6.45, 7) is 0. The Bertz CT molecular complexity index is 780. The molecular formula is C19H18FNO3. The van der Waals surface area contributed by atoms with E-state index < -0.39 is 11.8 Å². The molecule has 0 saturated heterocycles. The second-order valence-corrected chi connectivity index (χ2v) is 5.37. The average molecular weight is 327 g/mol. The van der Waals surface area contributed by atoms with Crippen LogP contribution in [0.5, 0.6) is 0 Å². The number of ketones is 1. The van der Waals surface area contributed by atoms with Gasteiger partial charge < -0.3 is 9.64 Å². The third-order valence-corrected chi connectivity index (χ3v) is 3.47. The molecule has 0 atom stereocenters. The molecule has 24 heavy (non-hydrogen) atoms. The lowest BCUT2D eigenvalue weighted by Crippen LogP contribution is -2.13. The molecule has 0 heterocycles. The first-order valence-electron chi connectivity index (χ1n) is 7.30. The van der Waals surface area contributed by atoms with Crippen molar-refractivity contribution in [2.45, 2.75) is 0 Å². The summed E-state index contributed by atoms with van der Waals surface area (Å²) >= 11 is 0. The van der Waals surface area contributed by atoms with E-state index in [1.807, 2.05) is 0 Å². The zero-order valence-corrected chi connectivity index (χ0v) is 13.7. The molecular weight excluding hydrogens is 309 g/mol. The van der Waals surface area contributed by atoms with Crippen LogP contribution in [0.4, 0.5) is 10.1 Å². The Balaban J connectivity index is 2.20. The molecule has 5 heteroatoms. The van der Waals surface area contributed by atoms with Gasteiger partial charge in [-0.1, -0.05) is 18.2 Å². The topological polar surface area (TPSA) is 46.6 Å². The molecule has 0 unspecified atom stereocenters. The monoisotopic (exact) mass is 327 g/mol. The van der Waals surface area contributed by atoms with Crippen LogP contribution < -0.4 is 4.90 Å². The van der Waals surface area contributed by atoms with Crippen LogP contribution in [-0.2, 0) is 4.74 Å². The number of carbonyl (C=O) groups excluding carboxylic acids is 2. The van der Waals surface area contributed by atoms with Crippen LogP contribution in [0.1, 0.15) is 26.3 Å².